The summed E-state index contributed by atoms with van der Waals surface area (Å²) >= 11 is 0. The number of carbonyl (C=O) groups excluding carboxylic acids is 1. The van der Waals surface area contributed by atoms with Crippen molar-refractivity contribution in [2.24, 2.45) is 9.50 Å². The van der Waals surface area contributed by atoms with Gasteiger partial charge in [-0.25, -0.2) is 28.2 Å². The van der Waals surface area contributed by atoms with Crippen LogP contribution in [0.4, 0.5) is 14.9 Å². The first-order valence-electron chi connectivity index (χ1n) is 11.0. The van der Waals surface area contributed by atoms with E-state index in [9.17, 15) is 13.4 Å². The van der Waals surface area contributed by atoms with Crippen LogP contribution in [0.3, 0.4) is 0 Å². The van der Waals surface area contributed by atoms with E-state index in [0.29, 0.717) is 53.2 Å². The van der Waals surface area contributed by atoms with E-state index < -0.39 is 21.5 Å². The van der Waals surface area contributed by atoms with Crippen molar-refractivity contribution in [3.63, 3.8) is 0 Å². The minimum atomic E-state index is -3.67. The first-order chi connectivity index (χ1) is 16.6. The molecule has 184 valence electrons. The van der Waals surface area contributed by atoms with Crippen molar-refractivity contribution in [1.29, 1.82) is 0 Å². The van der Waals surface area contributed by atoms with Crippen LogP contribution < -0.4 is 19.9 Å². The van der Waals surface area contributed by atoms with Crippen LogP contribution in [-0.2, 0) is 29.3 Å². The number of nitrogens with two attached hydrogens (primary N) is 1. The standard InChI is InChI=1S/C23H25FN6O4S/c1-23(2)12-30-21(34-23)18(11-27-30)35(25,32)29-22(31)28-20-15-6-4-5-14(15)17(24)10-16(20)13-7-8-26-19(9-13)33-3/h7-11H,4-6,12H2,1-3H3,(H3,25,28,29,31,32)/t35-/m1/s1. The fraction of sp³-hybridized carbons (Fsp3) is 0.348. The first kappa shape index (κ1) is 23.2. The van der Waals surface area contributed by atoms with E-state index in [0.717, 1.165) is 6.42 Å². The third kappa shape index (κ3) is 4.23. The molecule has 0 unspecified atom stereocenters. The number of nitrogens with zero attached hydrogens (tertiary/aromatic N) is 4. The molecule has 2 aliphatic rings. The molecule has 2 amide bonds. The minimum absolute atomic E-state index is 0.0432. The predicted molar refractivity (Wildman–Crippen MR) is 127 cm³/mol. The number of nitrogens with one attached hydrogen (secondary N) is 1. The highest BCUT2D eigenvalue weighted by Gasteiger charge is 2.35. The Morgan fingerprint density at radius 2 is 2.11 bits per heavy atom. The number of hydrogen-bond acceptors (Lipinski definition) is 6. The molecule has 0 fully saturated rings. The first-order valence-corrected chi connectivity index (χ1v) is 12.6. The van der Waals surface area contributed by atoms with Gasteiger partial charge in [-0.15, -0.1) is 4.36 Å². The molecular weight excluding hydrogens is 475 g/mol. The molecule has 2 aromatic heterocycles. The van der Waals surface area contributed by atoms with Gasteiger partial charge in [-0.3, -0.25) is 0 Å². The lowest BCUT2D eigenvalue weighted by molar-refractivity contribution is 0.132. The van der Waals surface area contributed by atoms with Gasteiger partial charge in [0.1, 0.15) is 16.3 Å². The van der Waals surface area contributed by atoms with Gasteiger partial charge in [0.05, 0.1) is 25.5 Å². The molecule has 0 radical (unpaired) electrons. The summed E-state index contributed by atoms with van der Waals surface area (Å²) in [5.41, 5.74) is 2.11. The fourth-order valence-electron chi connectivity index (χ4n) is 4.52. The van der Waals surface area contributed by atoms with Crippen molar-refractivity contribution < 1.29 is 22.9 Å². The maximum atomic E-state index is 14.9. The number of amides is 2. The lowest BCUT2D eigenvalue weighted by Crippen LogP contribution is -2.27. The summed E-state index contributed by atoms with van der Waals surface area (Å²) in [6.07, 6.45) is 4.72. The number of pyridine rings is 1. The van der Waals surface area contributed by atoms with Crippen LogP contribution in [0.25, 0.3) is 11.1 Å². The predicted octanol–water partition coefficient (Wildman–Crippen LogP) is 3.69. The van der Waals surface area contributed by atoms with E-state index >= 15 is 0 Å². The molecule has 0 saturated heterocycles. The summed E-state index contributed by atoms with van der Waals surface area (Å²) in [4.78, 5) is 17.1. The zero-order chi connectivity index (χ0) is 25.0. The maximum Gasteiger partial charge on any atom is 0.354 e. The Morgan fingerprint density at radius 3 is 2.89 bits per heavy atom. The summed E-state index contributed by atoms with van der Waals surface area (Å²) in [6, 6.07) is 3.78. The van der Waals surface area contributed by atoms with Crippen LogP contribution in [-0.4, -0.2) is 37.7 Å². The van der Waals surface area contributed by atoms with Crippen LogP contribution in [0.1, 0.15) is 31.4 Å². The lowest BCUT2D eigenvalue weighted by Gasteiger charge is -2.17. The molecule has 12 heteroatoms. The molecule has 1 aliphatic heterocycles. The Balaban J connectivity index is 1.54. The number of aromatic nitrogens is 3. The highest BCUT2D eigenvalue weighted by Crippen LogP contribution is 2.40. The summed E-state index contributed by atoms with van der Waals surface area (Å²) in [6.45, 7) is 4.17. The van der Waals surface area contributed by atoms with E-state index in [1.165, 1.54) is 30.3 Å². The third-order valence-corrected chi connectivity index (χ3v) is 7.38. The van der Waals surface area contributed by atoms with Crippen LogP contribution in [0, 0.1) is 5.82 Å². The van der Waals surface area contributed by atoms with Gasteiger partial charge in [-0.05, 0) is 61.9 Å². The van der Waals surface area contributed by atoms with Crippen LogP contribution in [0.5, 0.6) is 11.8 Å². The lowest BCUT2D eigenvalue weighted by atomic mass is 9.97. The number of benzene rings is 1. The van der Waals surface area contributed by atoms with Crippen molar-refractivity contribution in [3.05, 3.63) is 47.5 Å². The second-order valence-electron chi connectivity index (χ2n) is 9.10. The quantitative estimate of drug-likeness (QED) is 0.561. The molecule has 3 aromatic rings. The molecule has 5 rings (SSSR count). The number of ether oxygens (including phenoxy) is 2. The highest BCUT2D eigenvalue weighted by molar-refractivity contribution is 7.91. The highest BCUT2D eigenvalue weighted by atomic mass is 32.2. The summed E-state index contributed by atoms with van der Waals surface area (Å²) in [5.74, 6) is 0.218. The minimum Gasteiger partial charge on any atom is -0.481 e. The van der Waals surface area contributed by atoms with E-state index in [4.69, 9.17) is 14.6 Å². The summed E-state index contributed by atoms with van der Waals surface area (Å²) in [5, 5.41) is 12.9. The summed E-state index contributed by atoms with van der Waals surface area (Å²) < 4.78 is 44.5. The number of methoxy groups -OCH3 is 1. The Kier molecular flexibility index (Phi) is 5.52. The largest absolute Gasteiger partial charge is 0.481 e. The molecule has 3 N–H and O–H groups in total. The van der Waals surface area contributed by atoms with E-state index in [1.54, 1.807) is 12.1 Å². The van der Waals surface area contributed by atoms with E-state index in [1.807, 2.05) is 13.8 Å². The number of hydrogen-bond donors (Lipinski definition) is 2. The van der Waals surface area contributed by atoms with Gasteiger partial charge >= 0.3 is 6.03 Å². The second-order valence-corrected chi connectivity index (χ2v) is 10.9. The van der Waals surface area contributed by atoms with Gasteiger partial charge in [0.2, 0.25) is 11.8 Å². The normalized spacial score (nSPS) is 17.2. The van der Waals surface area contributed by atoms with Crippen molar-refractivity contribution in [3.8, 4) is 22.9 Å². The average Bonchev–Trinajstić information content (AvgIpc) is 3.49. The fourth-order valence-corrected chi connectivity index (χ4v) is 5.51. The zero-order valence-corrected chi connectivity index (χ0v) is 20.3. The number of fused-ring (bicyclic) bond motifs is 2. The number of anilines is 1. The third-order valence-electron chi connectivity index (χ3n) is 6.03. The molecule has 1 atom stereocenters. The van der Waals surface area contributed by atoms with Gasteiger partial charge < -0.3 is 14.8 Å². The summed E-state index contributed by atoms with van der Waals surface area (Å²) in [7, 11) is -2.19. The van der Waals surface area contributed by atoms with Crippen molar-refractivity contribution >= 4 is 21.6 Å². The number of urea groups is 1. The van der Waals surface area contributed by atoms with Gasteiger partial charge in [-0.2, -0.15) is 5.10 Å². The number of carbonyl (C=O) groups is 1. The number of rotatable bonds is 4. The number of halogens is 1. The Labute approximate surface area is 202 Å². The zero-order valence-electron chi connectivity index (χ0n) is 19.5. The molecule has 0 bridgehead atoms. The van der Waals surface area contributed by atoms with Crippen LogP contribution >= 0.6 is 0 Å². The molecule has 35 heavy (non-hydrogen) atoms. The van der Waals surface area contributed by atoms with E-state index in [2.05, 4.69) is 19.8 Å². The monoisotopic (exact) mass is 500 g/mol. The van der Waals surface area contributed by atoms with Gasteiger partial charge in [0.25, 0.3) is 0 Å². The molecule has 1 aliphatic carbocycles. The molecule has 3 heterocycles. The van der Waals surface area contributed by atoms with Gasteiger partial charge in [0.15, 0.2) is 9.92 Å². The second kappa shape index (κ2) is 8.31. The topological polar surface area (TPSA) is 134 Å². The van der Waals surface area contributed by atoms with Crippen molar-refractivity contribution in [2.45, 2.75) is 50.2 Å². The average molecular weight is 501 g/mol. The Morgan fingerprint density at radius 1 is 1.34 bits per heavy atom. The smallest absolute Gasteiger partial charge is 0.354 e. The van der Waals surface area contributed by atoms with Crippen LogP contribution in [0.15, 0.2) is 39.9 Å². The van der Waals surface area contributed by atoms with Gasteiger partial charge in [-0.1, -0.05) is 0 Å². The molecule has 0 saturated carbocycles. The van der Waals surface area contributed by atoms with Crippen LogP contribution in [0.2, 0.25) is 0 Å². The molecular formula is C23H25FN6O4S. The van der Waals surface area contributed by atoms with Crippen molar-refractivity contribution in [1.82, 2.24) is 14.8 Å². The molecule has 1 aromatic carbocycles. The molecule has 10 nitrogen and oxygen atoms in total. The maximum absolute atomic E-state index is 14.9. The Hall–Kier alpha value is -3.51. The van der Waals surface area contributed by atoms with E-state index in [-0.39, 0.29) is 16.6 Å². The Bertz CT molecular complexity index is 1470. The molecule has 0 spiro atoms. The van der Waals surface area contributed by atoms with Gasteiger partial charge in [0, 0.05) is 17.8 Å². The SMILES string of the molecule is COc1cc(-c2cc(F)c3c(c2NC(=O)N=[S@@](N)(=O)c2cnn4c2OC(C)(C)C4)CCC3)ccn1. The van der Waals surface area contributed by atoms with Crippen molar-refractivity contribution in [2.75, 3.05) is 12.4 Å².